The van der Waals surface area contributed by atoms with E-state index in [1.807, 2.05) is 6.92 Å². The van der Waals surface area contributed by atoms with Gasteiger partial charge in [0.25, 0.3) is 0 Å². The fourth-order valence-electron chi connectivity index (χ4n) is 2.60. The Labute approximate surface area is 136 Å². The van der Waals surface area contributed by atoms with Gasteiger partial charge in [0.2, 0.25) is 0 Å². The van der Waals surface area contributed by atoms with Crippen molar-refractivity contribution >= 4 is 15.9 Å². The quantitative estimate of drug-likeness (QED) is 0.770. The number of hydrogen-bond donors (Lipinski definition) is 1. The highest BCUT2D eigenvalue weighted by Gasteiger charge is 2.21. The Morgan fingerprint density at radius 3 is 2.62 bits per heavy atom. The van der Waals surface area contributed by atoms with Gasteiger partial charge in [0.1, 0.15) is 0 Å². The van der Waals surface area contributed by atoms with E-state index in [4.69, 9.17) is 9.47 Å². The topological polar surface area (TPSA) is 30.5 Å². The van der Waals surface area contributed by atoms with Crippen LogP contribution in [0.4, 0.5) is 0 Å². The van der Waals surface area contributed by atoms with Gasteiger partial charge in [-0.25, -0.2) is 0 Å². The Morgan fingerprint density at radius 1 is 1.29 bits per heavy atom. The van der Waals surface area contributed by atoms with Gasteiger partial charge in [0.15, 0.2) is 11.5 Å². The van der Waals surface area contributed by atoms with Crippen LogP contribution in [-0.4, -0.2) is 18.8 Å². The third-order valence-electron chi connectivity index (χ3n) is 3.67. The Hall–Kier alpha value is -0.740. The maximum absolute atomic E-state index is 6.18. The molecule has 1 fully saturated rings. The summed E-state index contributed by atoms with van der Waals surface area (Å²) in [5.41, 5.74) is 1.21. The number of nitrogens with one attached hydrogen (secondary N) is 1. The van der Waals surface area contributed by atoms with E-state index in [0.29, 0.717) is 18.8 Å². The lowest BCUT2D eigenvalue weighted by molar-refractivity contribution is 0.195. The molecule has 0 unspecified atom stereocenters. The van der Waals surface area contributed by atoms with Crippen LogP contribution in [0.25, 0.3) is 0 Å². The van der Waals surface area contributed by atoms with Crippen molar-refractivity contribution in [3.8, 4) is 11.5 Å². The molecule has 1 saturated carbocycles. The van der Waals surface area contributed by atoms with Gasteiger partial charge in [-0.05, 0) is 66.2 Å². The molecule has 0 aromatic heterocycles. The molecule has 1 N–H and O–H groups in total. The third-order valence-corrected chi connectivity index (χ3v) is 4.26. The zero-order valence-electron chi connectivity index (χ0n) is 13.2. The van der Waals surface area contributed by atoms with Crippen LogP contribution < -0.4 is 14.8 Å². The van der Waals surface area contributed by atoms with Crippen molar-refractivity contribution in [3.63, 3.8) is 0 Å². The summed E-state index contributed by atoms with van der Waals surface area (Å²) in [7, 11) is 0. The maximum Gasteiger partial charge on any atom is 0.175 e. The average molecular weight is 356 g/mol. The number of ether oxygens (including phenoxy) is 2. The monoisotopic (exact) mass is 355 g/mol. The predicted octanol–water partition coefficient (Wildman–Crippen LogP) is 4.67. The van der Waals surface area contributed by atoms with E-state index in [2.05, 4.69) is 47.2 Å². The van der Waals surface area contributed by atoms with Crippen molar-refractivity contribution in [2.24, 2.45) is 0 Å². The van der Waals surface area contributed by atoms with Gasteiger partial charge >= 0.3 is 0 Å². The normalized spacial score (nSPS) is 15.7. The molecule has 0 spiro atoms. The smallest absolute Gasteiger partial charge is 0.175 e. The predicted molar refractivity (Wildman–Crippen MR) is 90.2 cm³/mol. The Bertz CT molecular complexity index is 456. The molecule has 0 heterocycles. The molecule has 0 aliphatic heterocycles. The van der Waals surface area contributed by atoms with E-state index in [1.54, 1.807) is 0 Å². The molecule has 0 amide bonds. The van der Waals surface area contributed by atoms with E-state index in [1.165, 1.54) is 18.4 Å². The van der Waals surface area contributed by atoms with Crippen molar-refractivity contribution in [1.29, 1.82) is 0 Å². The average Bonchev–Trinajstić information content (AvgIpc) is 2.93. The van der Waals surface area contributed by atoms with Crippen molar-refractivity contribution in [3.05, 3.63) is 22.2 Å². The molecule has 118 valence electrons. The summed E-state index contributed by atoms with van der Waals surface area (Å²) >= 11 is 3.65. The molecule has 0 saturated heterocycles. The van der Waals surface area contributed by atoms with Crippen LogP contribution in [0.2, 0.25) is 0 Å². The van der Waals surface area contributed by atoms with Crippen LogP contribution in [-0.2, 0) is 6.54 Å². The van der Waals surface area contributed by atoms with E-state index < -0.39 is 0 Å². The minimum atomic E-state index is 0.333. The van der Waals surface area contributed by atoms with Gasteiger partial charge in [-0.15, -0.1) is 0 Å². The number of hydrogen-bond acceptors (Lipinski definition) is 3. The van der Waals surface area contributed by atoms with Crippen LogP contribution in [0.15, 0.2) is 16.6 Å². The third kappa shape index (κ3) is 4.89. The molecule has 1 aliphatic rings. The Kier molecular flexibility index (Phi) is 6.37. The van der Waals surface area contributed by atoms with Crippen molar-refractivity contribution in [2.75, 3.05) is 6.61 Å². The summed E-state index contributed by atoms with van der Waals surface area (Å²) in [6.07, 6.45) is 5.16. The van der Waals surface area contributed by atoms with Crippen LogP contribution in [0.3, 0.4) is 0 Å². The van der Waals surface area contributed by atoms with Gasteiger partial charge in [0, 0.05) is 12.6 Å². The zero-order valence-corrected chi connectivity index (χ0v) is 14.8. The first kappa shape index (κ1) is 16.6. The second-order valence-electron chi connectivity index (χ2n) is 5.90. The standard InChI is InChI=1S/C17H26BrNO2/c1-4-20-16-10-13(11-19-12(2)3)9-15(18)17(16)21-14-7-5-6-8-14/h9-10,12,14,19H,4-8,11H2,1-3H3. The molecule has 4 heteroatoms. The van der Waals surface area contributed by atoms with Gasteiger partial charge in [-0.3, -0.25) is 0 Å². The molecule has 1 aromatic carbocycles. The van der Waals surface area contributed by atoms with Crippen LogP contribution in [0.5, 0.6) is 11.5 Å². The Morgan fingerprint density at radius 2 is 2.00 bits per heavy atom. The summed E-state index contributed by atoms with van der Waals surface area (Å²) in [6, 6.07) is 4.68. The molecule has 1 aliphatic carbocycles. The highest BCUT2D eigenvalue weighted by Crippen LogP contribution is 2.39. The van der Waals surface area contributed by atoms with Gasteiger partial charge < -0.3 is 14.8 Å². The molecule has 2 rings (SSSR count). The molecule has 21 heavy (non-hydrogen) atoms. The molecule has 0 atom stereocenters. The van der Waals surface area contributed by atoms with Crippen molar-refractivity contribution in [2.45, 2.75) is 65.1 Å². The molecule has 0 radical (unpaired) electrons. The Balaban J connectivity index is 2.17. The lowest BCUT2D eigenvalue weighted by atomic mass is 10.2. The fourth-order valence-corrected chi connectivity index (χ4v) is 3.18. The lowest BCUT2D eigenvalue weighted by Gasteiger charge is -2.19. The van der Waals surface area contributed by atoms with E-state index in [0.717, 1.165) is 35.4 Å². The SMILES string of the molecule is CCOc1cc(CNC(C)C)cc(Br)c1OC1CCCC1. The minimum absolute atomic E-state index is 0.333. The second-order valence-corrected chi connectivity index (χ2v) is 6.75. The van der Waals surface area contributed by atoms with Gasteiger partial charge in [-0.2, -0.15) is 0 Å². The maximum atomic E-state index is 6.18. The van der Waals surface area contributed by atoms with E-state index in [9.17, 15) is 0 Å². The van der Waals surface area contributed by atoms with Crippen molar-refractivity contribution in [1.82, 2.24) is 5.32 Å². The molecular formula is C17H26BrNO2. The minimum Gasteiger partial charge on any atom is -0.490 e. The van der Waals surface area contributed by atoms with Gasteiger partial charge in [-0.1, -0.05) is 13.8 Å². The first-order chi connectivity index (χ1) is 10.1. The van der Waals surface area contributed by atoms with Crippen molar-refractivity contribution < 1.29 is 9.47 Å². The molecular weight excluding hydrogens is 330 g/mol. The number of halogens is 1. The summed E-state index contributed by atoms with van der Waals surface area (Å²) in [4.78, 5) is 0. The van der Waals surface area contributed by atoms with Gasteiger partial charge in [0.05, 0.1) is 17.2 Å². The number of benzene rings is 1. The highest BCUT2D eigenvalue weighted by atomic mass is 79.9. The van der Waals surface area contributed by atoms with E-state index in [-0.39, 0.29) is 0 Å². The van der Waals surface area contributed by atoms with Crippen LogP contribution in [0.1, 0.15) is 52.0 Å². The summed E-state index contributed by atoms with van der Waals surface area (Å²) in [5.74, 6) is 1.70. The summed E-state index contributed by atoms with van der Waals surface area (Å²) in [6.45, 7) is 7.78. The first-order valence-corrected chi connectivity index (χ1v) is 8.74. The molecule has 1 aromatic rings. The molecule has 0 bridgehead atoms. The fraction of sp³-hybridized carbons (Fsp3) is 0.647. The lowest BCUT2D eigenvalue weighted by Crippen LogP contribution is -2.22. The highest BCUT2D eigenvalue weighted by molar-refractivity contribution is 9.10. The first-order valence-electron chi connectivity index (χ1n) is 7.95. The summed E-state index contributed by atoms with van der Waals surface area (Å²) < 4.78 is 13.0. The number of rotatable bonds is 7. The van der Waals surface area contributed by atoms with Crippen LogP contribution in [0, 0.1) is 0 Å². The summed E-state index contributed by atoms with van der Waals surface area (Å²) in [5, 5.41) is 3.43. The zero-order chi connectivity index (χ0) is 15.2. The van der Waals surface area contributed by atoms with E-state index >= 15 is 0 Å². The molecule has 3 nitrogen and oxygen atoms in total. The second kappa shape index (κ2) is 8.04. The van der Waals surface area contributed by atoms with Crippen LogP contribution >= 0.6 is 15.9 Å². The largest absolute Gasteiger partial charge is 0.490 e.